The molecular formula is C26H42O6Si2. The molecule has 0 unspecified atom stereocenters. The van der Waals surface area contributed by atoms with Crippen molar-refractivity contribution in [3.05, 3.63) is 23.3 Å². The molecule has 0 saturated heterocycles. The molecule has 0 spiro atoms. The number of rotatable bonds is 14. The third-order valence-electron chi connectivity index (χ3n) is 4.06. The first-order valence-corrected chi connectivity index (χ1v) is 18.7. The molecule has 8 heteroatoms. The highest BCUT2D eigenvalue weighted by Gasteiger charge is 2.14. The molecular weight excluding hydrogens is 464 g/mol. The summed E-state index contributed by atoms with van der Waals surface area (Å²) in [5.41, 5.74) is 8.45. The Balaban J connectivity index is 3.18. The second-order valence-electron chi connectivity index (χ2n) is 9.75. The first-order valence-electron chi connectivity index (χ1n) is 11.7. The quantitative estimate of drug-likeness (QED) is 0.214. The summed E-state index contributed by atoms with van der Waals surface area (Å²) in [6.07, 6.45) is 0. The molecule has 0 amide bonds. The van der Waals surface area contributed by atoms with E-state index in [1.807, 2.05) is 12.1 Å². The van der Waals surface area contributed by atoms with Gasteiger partial charge in [0.15, 0.2) is 0 Å². The average Bonchev–Trinajstić information content (AvgIpc) is 2.75. The van der Waals surface area contributed by atoms with Gasteiger partial charge in [-0.05, 0) is 0 Å². The minimum Gasteiger partial charge on any atom is -0.490 e. The molecule has 34 heavy (non-hydrogen) atoms. The van der Waals surface area contributed by atoms with Gasteiger partial charge in [0.1, 0.15) is 40.9 Å². The molecule has 1 aromatic rings. The normalized spacial score (nSPS) is 11.3. The minimum atomic E-state index is -1.58. The number of ether oxygens (including phenoxy) is 6. The number of methoxy groups -OCH3 is 2. The predicted molar refractivity (Wildman–Crippen MR) is 143 cm³/mol. The molecule has 0 atom stereocenters. The molecule has 0 saturated carbocycles. The highest BCUT2D eigenvalue weighted by molar-refractivity contribution is 6.84. The van der Waals surface area contributed by atoms with E-state index < -0.39 is 16.1 Å². The lowest BCUT2D eigenvalue weighted by Crippen LogP contribution is -2.17. The van der Waals surface area contributed by atoms with Crippen LogP contribution in [0.4, 0.5) is 0 Å². The van der Waals surface area contributed by atoms with E-state index in [-0.39, 0.29) is 0 Å². The van der Waals surface area contributed by atoms with Gasteiger partial charge in [0.2, 0.25) is 0 Å². The van der Waals surface area contributed by atoms with Crippen molar-refractivity contribution in [2.45, 2.75) is 39.3 Å². The van der Waals surface area contributed by atoms with Crippen molar-refractivity contribution >= 4 is 16.1 Å². The maximum Gasteiger partial charge on any atom is 0.136 e. The lowest BCUT2D eigenvalue weighted by atomic mass is 10.1. The van der Waals surface area contributed by atoms with Crippen LogP contribution in [-0.4, -0.2) is 83.2 Å². The molecule has 0 aromatic heterocycles. The van der Waals surface area contributed by atoms with Crippen molar-refractivity contribution in [3.63, 3.8) is 0 Å². The standard InChI is InChI=1S/C26H42O6Si2/c1-27-11-13-29-15-17-31-25-21-24(10-20-34(6,7)8)26(32-18-16-30-14-12-28-2)22-23(25)9-19-33(3,4)5/h21-22H,11-18H2,1-8H3. The Labute approximate surface area is 208 Å². The summed E-state index contributed by atoms with van der Waals surface area (Å²) in [7, 11) is 0.146. The van der Waals surface area contributed by atoms with Crippen molar-refractivity contribution in [3.8, 4) is 34.4 Å². The predicted octanol–water partition coefficient (Wildman–Crippen LogP) is 4.23. The molecule has 1 rings (SSSR count). The van der Waals surface area contributed by atoms with E-state index in [4.69, 9.17) is 28.4 Å². The summed E-state index contributed by atoms with van der Waals surface area (Å²) >= 11 is 0. The monoisotopic (exact) mass is 506 g/mol. The zero-order valence-electron chi connectivity index (χ0n) is 22.3. The van der Waals surface area contributed by atoms with Crippen LogP contribution in [0.1, 0.15) is 11.1 Å². The molecule has 0 bridgehead atoms. The molecule has 190 valence electrons. The third kappa shape index (κ3) is 14.5. The molecule has 0 N–H and O–H groups in total. The van der Waals surface area contributed by atoms with E-state index in [0.717, 1.165) is 11.1 Å². The Bertz CT molecular complexity index is 779. The van der Waals surface area contributed by atoms with Gasteiger partial charge in [-0.3, -0.25) is 0 Å². The Kier molecular flexibility index (Phi) is 14.2. The van der Waals surface area contributed by atoms with Crippen LogP contribution in [0, 0.1) is 22.9 Å². The van der Waals surface area contributed by atoms with Gasteiger partial charge in [-0.15, -0.1) is 11.1 Å². The molecule has 1 aromatic carbocycles. The van der Waals surface area contributed by atoms with Crippen LogP contribution in [0.3, 0.4) is 0 Å². The van der Waals surface area contributed by atoms with Crippen LogP contribution in [0.2, 0.25) is 39.3 Å². The average molecular weight is 507 g/mol. The smallest absolute Gasteiger partial charge is 0.136 e. The van der Waals surface area contributed by atoms with E-state index in [1.165, 1.54) is 0 Å². The first kappa shape index (κ1) is 30.2. The Morgan fingerprint density at radius 1 is 0.559 bits per heavy atom. The zero-order valence-corrected chi connectivity index (χ0v) is 24.3. The fraction of sp³-hybridized carbons (Fsp3) is 0.615. The summed E-state index contributed by atoms with van der Waals surface area (Å²) < 4.78 is 33.3. The molecule has 0 fully saturated rings. The lowest BCUT2D eigenvalue weighted by Gasteiger charge is -2.15. The van der Waals surface area contributed by atoms with E-state index in [1.54, 1.807) is 14.2 Å². The van der Waals surface area contributed by atoms with Crippen LogP contribution >= 0.6 is 0 Å². The molecule has 0 heterocycles. The molecule has 0 aliphatic rings. The van der Waals surface area contributed by atoms with Crippen molar-refractivity contribution in [1.82, 2.24) is 0 Å². The van der Waals surface area contributed by atoms with Gasteiger partial charge in [0, 0.05) is 26.4 Å². The van der Waals surface area contributed by atoms with Crippen LogP contribution < -0.4 is 9.47 Å². The van der Waals surface area contributed by atoms with E-state index in [0.29, 0.717) is 64.4 Å². The van der Waals surface area contributed by atoms with Crippen LogP contribution in [0.5, 0.6) is 11.5 Å². The zero-order chi connectivity index (χ0) is 25.5. The third-order valence-corrected chi connectivity index (χ3v) is 5.81. The van der Waals surface area contributed by atoms with Crippen molar-refractivity contribution in [1.29, 1.82) is 0 Å². The second-order valence-corrected chi connectivity index (χ2v) is 19.3. The second kappa shape index (κ2) is 16.0. The van der Waals surface area contributed by atoms with Gasteiger partial charge >= 0.3 is 0 Å². The summed E-state index contributed by atoms with van der Waals surface area (Å²) in [5, 5.41) is 0. The maximum atomic E-state index is 6.08. The van der Waals surface area contributed by atoms with Crippen molar-refractivity contribution in [2.24, 2.45) is 0 Å². The molecule has 6 nitrogen and oxygen atoms in total. The van der Waals surface area contributed by atoms with E-state index >= 15 is 0 Å². The van der Waals surface area contributed by atoms with Gasteiger partial charge in [0.25, 0.3) is 0 Å². The summed E-state index contributed by atoms with van der Waals surface area (Å²) in [6.45, 7) is 17.3. The number of hydrogen-bond acceptors (Lipinski definition) is 6. The van der Waals surface area contributed by atoms with Gasteiger partial charge < -0.3 is 28.4 Å². The summed E-state index contributed by atoms with van der Waals surface area (Å²) in [5.74, 6) is 8.06. The van der Waals surface area contributed by atoms with Gasteiger partial charge in [-0.2, -0.15) is 0 Å². The highest BCUT2D eigenvalue weighted by Crippen LogP contribution is 2.29. The van der Waals surface area contributed by atoms with Gasteiger partial charge in [0.05, 0.1) is 50.8 Å². The van der Waals surface area contributed by atoms with E-state index in [2.05, 4.69) is 62.2 Å². The Morgan fingerprint density at radius 3 is 1.24 bits per heavy atom. The van der Waals surface area contributed by atoms with Crippen LogP contribution in [0.25, 0.3) is 0 Å². The fourth-order valence-corrected chi connectivity index (χ4v) is 3.43. The lowest BCUT2D eigenvalue weighted by molar-refractivity contribution is 0.0538. The highest BCUT2D eigenvalue weighted by atomic mass is 28.3. The number of hydrogen-bond donors (Lipinski definition) is 0. The topological polar surface area (TPSA) is 55.4 Å². The first-order chi connectivity index (χ1) is 16.1. The molecule has 0 radical (unpaired) electrons. The van der Waals surface area contributed by atoms with Gasteiger partial charge in [-0.25, -0.2) is 0 Å². The Morgan fingerprint density at radius 2 is 0.912 bits per heavy atom. The Hall–Kier alpha value is -1.79. The summed E-state index contributed by atoms with van der Waals surface area (Å²) in [6, 6.07) is 3.88. The SMILES string of the molecule is COCCOCCOc1cc(C#C[Si](C)(C)C)c(OCCOCCOC)cc1C#C[Si](C)(C)C. The van der Waals surface area contributed by atoms with Crippen molar-refractivity contribution < 1.29 is 28.4 Å². The molecule has 0 aliphatic heterocycles. The van der Waals surface area contributed by atoms with Crippen LogP contribution in [0.15, 0.2) is 12.1 Å². The minimum absolute atomic E-state index is 0.416. The number of benzene rings is 1. The van der Waals surface area contributed by atoms with Gasteiger partial charge in [-0.1, -0.05) is 51.1 Å². The maximum absolute atomic E-state index is 6.08. The van der Waals surface area contributed by atoms with E-state index in [9.17, 15) is 0 Å². The largest absolute Gasteiger partial charge is 0.490 e. The summed E-state index contributed by atoms with van der Waals surface area (Å²) in [4.78, 5) is 0. The van der Waals surface area contributed by atoms with Crippen molar-refractivity contribution in [2.75, 3.05) is 67.1 Å². The fourth-order valence-electron chi connectivity index (χ4n) is 2.41. The molecule has 0 aliphatic carbocycles. The van der Waals surface area contributed by atoms with Crippen LogP contribution in [-0.2, 0) is 18.9 Å².